The number of ether oxygens (including phenoxy) is 2. The summed E-state index contributed by atoms with van der Waals surface area (Å²) in [6.45, 7) is 10.4. The minimum Gasteiger partial charge on any atom is -0.444 e. The van der Waals surface area contributed by atoms with Crippen molar-refractivity contribution in [1.29, 1.82) is 0 Å². The summed E-state index contributed by atoms with van der Waals surface area (Å²) in [7, 11) is 0. The molecule has 0 saturated carbocycles. The van der Waals surface area contributed by atoms with Gasteiger partial charge in [0, 0.05) is 6.54 Å². The Morgan fingerprint density at radius 2 is 1.94 bits per heavy atom. The molecule has 0 aliphatic carbocycles. The highest BCUT2D eigenvalue weighted by molar-refractivity contribution is 5.68. The zero-order valence-corrected chi connectivity index (χ0v) is 12.0. The molecular weight excluding hydrogens is 234 g/mol. The molecule has 0 aromatic rings. The van der Waals surface area contributed by atoms with Gasteiger partial charge in [-0.25, -0.2) is 4.79 Å². The SMILES string of the molecule is CC(C)(O)CO[C@@H]1CCN(C(=O)OC(C)(C)C)C1. The maximum absolute atomic E-state index is 11.8. The van der Waals surface area contributed by atoms with Crippen molar-refractivity contribution in [2.24, 2.45) is 0 Å². The summed E-state index contributed by atoms with van der Waals surface area (Å²) in [6, 6.07) is 0. The number of nitrogens with zero attached hydrogens (tertiary/aromatic N) is 1. The van der Waals surface area contributed by atoms with E-state index in [-0.39, 0.29) is 18.8 Å². The van der Waals surface area contributed by atoms with Gasteiger partial charge in [-0.05, 0) is 41.0 Å². The van der Waals surface area contributed by atoms with Crippen LogP contribution in [0.2, 0.25) is 0 Å². The van der Waals surface area contributed by atoms with Gasteiger partial charge in [-0.3, -0.25) is 0 Å². The highest BCUT2D eigenvalue weighted by atomic mass is 16.6. The van der Waals surface area contributed by atoms with Gasteiger partial charge in [-0.1, -0.05) is 0 Å². The number of rotatable bonds is 3. The first-order valence-corrected chi connectivity index (χ1v) is 6.39. The lowest BCUT2D eigenvalue weighted by molar-refractivity contribution is -0.0498. The van der Waals surface area contributed by atoms with Crippen LogP contribution in [0.1, 0.15) is 41.0 Å². The van der Waals surface area contributed by atoms with Crippen LogP contribution in [0.25, 0.3) is 0 Å². The zero-order valence-electron chi connectivity index (χ0n) is 12.0. The number of hydrogen-bond donors (Lipinski definition) is 1. The fourth-order valence-electron chi connectivity index (χ4n) is 1.68. The molecule has 1 N–H and O–H groups in total. The monoisotopic (exact) mass is 259 g/mol. The van der Waals surface area contributed by atoms with Crippen molar-refractivity contribution in [3.05, 3.63) is 0 Å². The second-order valence-electron chi connectivity index (χ2n) is 6.46. The molecule has 1 atom stereocenters. The number of hydrogen-bond acceptors (Lipinski definition) is 4. The van der Waals surface area contributed by atoms with Gasteiger partial charge in [0.2, 0.25) is 0 Å². The van der Waals surface area contributed by atoms with E-state index in [2.05, 4.69) is 0 Å². The van der Waals surface area contributed by atoms with Crippen LogP contribution in [0.5, 0.6) is 0 Å². The van der Waals surface area contributed by atoms with Gasteiger partial charge in [-0.15, -0.1) is 0 Å². The molecule has 1 aliphatic rings. The second-order valence-corrected chi connectivity index (χ2v) is 6.46. The average Bonchev–Trinajstić information content (AvgIpc) is 2.58. The molecule has 1 amide bonds. The van der Waals surface area contributed by atoms with E-state index in [1.165, 1.54) is 0 Å². The molecule has 1 heterocycles. The van der Waals surface area contributed by atoms with E-state index < -0.39 is 11.2 Å². The Bertz CT molecular complexity index is 290. The lowest BCUT2D eigenvalue weighted by Crippen LogP contribution is -2.36. The van der Waals surface area contributed by atoms with E-state index in [1.807, 2.05) is 20.8 Å². The molecule has 0 aromatic carbocycles. The number of aliphatic hydroxyl groups is 1. The van der Waals surface area contributed by atoms with Crippen molar-refractivity contribution in [1.82, 2.24) is 4.90 Å². The van der Waals surface area contributed by atoms with Gasteiger partial charge in [0.25, 0.3) is 0 Å². The normalized spacial score (nSPS) is 21.2. The Morgan fingerprint density at radius 3 is 2.44 bits per heavy atom. The van der Waals surface area contributed by atoms with Crippen LogP contribution in [0.15, 0.2) is 0 Å². The van der Waals surface area contributed by atoms with E-state index in [1.54, 1.807) is 18.7 Å². The maximum atomic E-state index is 11.8. The van der Waals surface area contributed by atoms with Crippen LogP contribution >= 0.6 is 0 Å². The first-order chi connectivity index (χ1) is 8.07. The molecule has 18 heavy (non-hydrogen) atoms. The molecule has 0 spiro atoms. The predicted molar refractivity (Wildman–Crippen MR) is 68.5 cm³/mol. The third-order valence-corrected chi connectivity index (χ3v) is 2.47. The Labute approximate surface area is 109 Å². The van der Waals surface area contributed by atoms with Crippen molar-refractivity contribution >= 4 is 6.09 Å². The smallest absolute Gasteiger partial charge is 0.410 e. The van der Waals surface area contributed by atoms with Gasteiger partial charge < -0.3 is 19.5 Å². The molecule has 1 rings (SSSR count). The molecular formula is C13H25NO4. The molecule has 0 radical (unpaired) electrons. The van der Waals surface area contributed by atoms with Gasteiger partial charge in [0.1, 0.15) is 5.60 Å². The molecule has 106 valence electrons. The van der Waals surface area contributed by atoms with Crippen LogP contribution in [0, 0.1) is 0 Å². The van der Waals surface area contributed by atoms with E-state index >= 15 is 0 Å². The van der Waals surface area contributed by atoms with Gasteiger partial charge >= 0.3 is 6.09 Å². The van der Waals surface area contributed by atoms with E-state index in [0.29, 0.717) is 13.1 Å². The minimum absolute atomic E-state index is 0.0102. The van der Waals surface area contributed by atoms with Gasteiger partial charge in [0.05, 0.1) is 24.9 Å². The molecule has 0 bridgehead atoms. The van der Waals surface area contributed by atoms with E-state index in [0.717, 1.165) is 6.42 Å². The summed E-state index contributed by atoms with van der Waals surface area (Å²) < 4.78 is 10.9. The maximum Gasteiger partial charge on any atom is 0.410 e. The summed E-state index contributed by atoms with van der Waals surface area (Å²) in [5.74, 6) is 0. The summed E-state index contributed by atoms with van der Waals surface area (Å²) in [6.07, 6.45) is 0.482. The first kappa shape index (κ1) is 15.2. The highest BCUT2D eigenvalue weighted by Gasteiger charge is 2.31. The Kier molecular flexibility index (Phi) is 4.61. The molecule has 1 fully saturated rings. The lowest BCUT2D eigenvalue weighted by atomic mass is 10.1. The van der Waals surface area contributed by atoms with Crippen LogP contribution in [0.4, 0.5) is 4.79 Å². The first-order valence-electron chi connectivity index (χ1n) is 6.39. The molecule has 0 aromatic heterocycles. The zero-order chi connectivity index (χ0) is 14.0. The fourth-order valence-corrected chi connectivity index (χ4v) is 1.68. The molecule has 1 saturated heterocycles. The number of carbonyl (C=O) groups excluding carboxylic acids is 1. The van der Waals surface area contributed by atoms with Gasteiger partial charge in [0.15, 0.2) is 0 Å². The lowest BCUT2D eigenvalue weighted by Gasteiger charge is -2.24. The number of amides is 1. The van der Waals surface area contributed by atoms with Crippen molar-refractivity contribution in [2.45, 2.75) is 58.3 Å². The third kappa shape index (κ3) is 5.69. The van der Waals surface area contributed by atoms with Crippen LogP contribution in [0.3, 0.4) is 0 Å². The predicted octanol–water partition coefficient (Wildman–Crippen LogP) is 1.78. The Balaban J connectivity index is 2.35. The largest absolute Gasteiger partial charge is 0.444 e. The average molecular weight is 259 g/mol. The molecule has 5 nitrogen and oxygen atoms in total. The molecule has 1 aliphatic heterocycles. The van der Waals surface area contributed by atoms with Crippen LogP contribution < -0.4 is 0 Å². The summed E-state index contributed by atoms with van der Waals surface area (Å²) in [5, 5.41) is 9.58. The standard InChI is InChI=1S/C13H25NO4/c1-12(2,3)18-11(15)14-7-6-10(8-14)17-9-13(4,5)16/h10,16H,6-9H2,1-5H3/t10-/m1/s1. The second kappa shape index (κ2) is 5.45. The summed E-state index contributed by atoms with van der Waals surface area (Å²) >= 11 is 0. The number of likely N-dealkylation sites (tertiary alicyclic amines) is 1. The topological polar surface area (TPSA) is 59.0 Å². The fraction of sp³-hybridized carbons (Fsp3) is 0.923. The van der Waals surface area contributed by atoms with Crippen LogP contribution in [-0.4, -0.2) is 53.1 Å². The van der Waals surface area contributed by atoms with E-state index in [4.69, 9.17) is 9.47 Å². The molecule has 0 unspecified atom stereocenters. The Morgan fingerprint density at radius 1 is 1.33 bits per heavy atom. The minimum atomic E-state index is -0.834. The van der Waals surface area contributed by atoms with Crippen molar-refractivity contribution in [3.63, 3.8) is 0 Å². The third-order valence-electron chi connectivity index (χ3n) is 2.47. The number of carbonyl (C=O) groups is 1. The van der Waals surface area contributed by atoms with Crippen molar-refractivity contribution < 1.29 is 19.4 Å². The van der Waals surface area contributed by atoms with Crippen molar-refractivity contribution in [3.8, 4) is 0 Å². The van der Waals surface area contributed by atoms with Gasteiger partial charge in [-0.2, -0.15) is 0 Å². The summed E-state index contributed by atoms with van der Waals surface area (Å²) in [5.41, 5.74) is -1.30. The Hall–Kier alpha value is -0.810. The van der Waals surface area contributed by atoms with E-state index in [9.17, 15) is 9.90 Å². The molecule has 5 heteroatoms. The van der Waals surface area contributed by atoms with Crippen LogP contribution in [-0.2, 0) is 9.47 Å². The van der Waals surface area contributed by atoms with Crippen molar-refractivity contribution in [2.75, 3.05) is 19.7 Å². The highest BCUT2D eigenvalue weighted by Crippen LogP contribution is 2.18. The quantitative estimate of drug-likeness (QED) is 0.839. The summed E-state index contributed by atoms with van der Waals surface area (Å²) in [4.78, 5) is 13.5.